The number of methoxy groups -OCH3 is 1. The predicted octanol–water partition coefficient (Wildman–Crippen LogP) is 0.828. The van der Waals surface area contributed by atoms with E-state index in [1.807, 2.05) is 11.9 Å². The molecule has 12 heavy (non-hydrogen) atoms. The number of ether oxygens (including phenoxy) is 1. The first-order chi connectivity index (χ1) is 5.59. The summed E-state index contributed by atoms with van der Waals surface area (Å²) in [5.74, 6) is -3.25. The Hall–Kier alpha value is -0.220. The lowest BCUT2D eigenvalue weighted by Crippen LogP contribution is -2.36. The smallest absolute Gasteiger partial charge is 0.257 e. The van der Waals surface area contributed by atoms with Crippen molar-refractivity contribution in [1.82, 2.24) is 4.90 Å². The zero-order valence-electron chi connectivity index (χ0n) is 7.26. The van der Waals surface area contributed by atoms with Crippen LogP contribution in [0.5, 0.6) is 0 Å². The van der Waals surface area contributed by atoms with Crippen molar-refractivity contribution in [2.75, 3.05) is 27.3 Å². The number of fused-ring (bicyclic) bond motifs is 1. The molecule has 3 atom stereocenters. The van der Waals surface area contributed by atoms with E-state index in [1.165, 1.54) is 0 Å². The Kier molecular flexibility index (Phi) is 1.67. The first-order valence-corrected chi connectivity index (χ1v) is 4.16. The number of nitrogens with zero attached hydrogens (tertiary/aromatic N) is 1. The van der Waals surface area contributed by atoms with Gasteiger partial charge in [-0.25, -0.2) is 8.78 Å². The minimum absolute atomic E-state index is 0.0741. The Labute approximate surface area is 70.5 Å². The second-order valence-electron chi connectivity index (χ2n) is 3.77. The van der Waals surface area contributed by atoms with Gasteiger partial charge < -0.3 is 9.64 Å². The van der Waals surface area contributed by atoms with Crippen molar-refractivity contribution in [3.05, 3.63) is 0 Å². The fourth-order valence-electron chi connectivity index (χ4n) is 2.30. The van der Waals surface area contributed by atoms with Gasteiger partial charge in [-0.3, -0.25) is 0 Å². The van der Waals surface area contributed by atoms with Crippen molar-refractivity contribution in [3.8, 4) is 0 Å². The molecule has 0 spiro atoms. The molecular formula is C8H13F2NO. The number of alkyl halides is 2. The zero-order valence-corrected chi connectivity index (χ0v) is 7.26. The summed E-state index contributed by atoms with van der Waals surface area (Å²) in [5, 5.41) is 0. The molecule has 1 aliphatic heterocycles. The lowest BCUT2D eigenvalue weighted by Gasteiger charge is -2.23. The van der Waals surface area contributed by atoms with Gasteiger partial charge in [0.1, 0.15) is 0 Å². The van der Waals surface area contributed by atoms with Crippen molar-refractivity contribution in [2.45, 2.75) is 12.0 Å². The molecule has 2 nitrogen and oxygen atoms in total. The molecule has 0 radical (unpaired) electrons. The van der Waals surface area contributed by atoms with Crippen molar-refractivity contribution in [3.63, 3.8) is 0 Å². The summed E-state index contributed by atoms with van der Waals surface area (Å²) in [4.78, 5) is 1.97. The summed E-state index contributed by atoms with van der Waals surface area (Å²) >= 11 is 0. The van der Waals surface area contributed by atoms with Crippen LogP contribution in [0.2, 0.25) is 0 Å². The van der Waals surface area contributed by atoms with Crippen molar-refractivity contribution in [1.29, 1.82) is 0 Å². The Morgan fingerprint density at radius 2 is 2.25 bits per heavy atom. The van der Waals surface area contributed by atoms with E-state index in [0.29, 0.717) is 13.2 Å². The van der Waals surface area contributed by atoms with Gasteiger partial charge in [-0.15, -0.1) is 0 Å². The summed E-state index contributed by atoms with van der Waals surface area (Å²) in [6, 6.07) is -0.0741. The quantitative estimate of drug-likeness (QED) is 0.619. The Morgan fingerprint density at radius 1 is 1.58 bits per heavy atom. The van der Waals surface area contributed by atoms with Crippen molar-refractivity contribution < 1.29 is 13.5 Å². The highest BCUT2D eigenvalue weighted by molar-refractivity contribution is 5.16. The molecular weight excluding hydrogens is 164 g/mol. The number of hydrogen-bond acceptors (Lipinski definition) is 2. The Bertz CT molecular complexity index is 197. The standard InChI is InChI=1S/C8H13F2NO/c1-11-3-5-7(8(5,9)10)6(11)4-12-2/h5-7H,3-4H2,1-2H3/t5?,6-,7?/m1/s1. The molecule has 2 fully saturated rings. The highest BCUT2D eigenvalue weighted by Gasteiger charge is 2.74. The van der Waals surface area contributed by atoms with Gasteiger partial charge in [-0.2, -0.15) is 0 Å². The van der Waals surface area contributed by atoms with Crippen LogP contribution in [0.25, 0.3) is 0 Å². The monoisotopic (exact) mass is 177 g/mol. The number of rotatable bonds is 2. The average Bonchev–Trinajstić information content (AvgIpc) is 2.39. The van der Waals surface area contributed by atoms with E-state index < -0.39 is 17.8 Å². The van der Waals surface area contributed by atoms with Crippen LogP contribution in [0.15, 0.2) is 0 Å². The van der Waals surface area contributed by atoms with E-state index in [1.54, 1.807) is 7.11 Å². The highest BCUT2D eigenvalue weighted by atomic mass is 19.3. The highest BCUT2D eigenvalue weighted by Crippen LogP contribution is 2.61. The molecule has 1 saturated heterocycles. The van der Waals surface area contributed by atoms with Gasteiger partial charge >= 0.3 is 0 Å². The largest absolute Gasteiger partial charge is 0.383 e. The minimum Gasteiger partial charge on any atom is -0.383 e. The molecule has 2 aliphatic rings. The van der Waals surface area contributed by atoms with Crippen molar-refractivity contribution >= 4 is 0 Å². The van der Waals surface area contributed by atoms with Gasteiger partial charge in [0.15, 0.2) is 0 Å². The maximum atomic E-state index is 12.9. The molecule has 1 aliphatic carbocycles. The van der Waals surface area contributed by atoms with Crippen LogP contribution in [0, 0.1) is 11.8 Å². The summed E-state index contributed by atoms with van der Waals surface area (Å²) in [6.07, 6.45) is 0. The van der Waals surface area contributed by atoms with Crippen LogP contribution in [0.4, 0.5) is 8.78 Å². The molecule has 0 aromatic heterocycles. The first-order valence-electron chi connectivity index (χ1n) is 4.16. The molecule has 1 heterocycles. The molecule has 4 heteroatoms. The lowest BCUT2D eigenvalue weighted by atomic mass is 10.2. The summed E-state index contributed by atoms with van der Waals surface area (Å²) in [7, 11) is 3.44. The van der Waals surface area contributed by atoms with Gasteiger partial charge in [0.2, 0.25) is 0 Å². The van der Waals surface area contributed by atoms with Crippen LogP contribution >= 0.6 is 0 Å². The third-order valence-corrected chi connectivity index (χ3v) is 3.07. The normalized spacial score (nSPS) is 44.5. The fourth-order valence-corrected chi connectivity index (χ4v) is 2.30. The van der Waals surface area contributed by atoms with E-state index in [0.717, 1.165) is 0 Å². The summed E-state index contributed by atoms with van der Waals surface area (Å²) in [6.45, 7) is 0.943. The second-order valence-corrected chi connectivity index (χ2v) is 3.77. The van der Waals surface area contributed by atoms with Crippen LogP contribution < -0.4 is 0 Å². The van der Waals surface area contributed by atoms with Gasteiger partial charge in [0.05, 0.1) is 12.5 Å². The average molecular weight is 177 g/mol. The topological polar surface area (TPSA) is 12.5 Å². The van der Waals surface area contributed by atoms with Gasteiger partial charge in [0.25, 0.3) is 5.92 Å². The second kappa shape index (κ2) is 2.39. The molecule has 0 bridgehead atoms. The summed E-state index contributed by atoms with van der Waals surface area (Å²) in [5.41, 5.74) is 0. The molecule has 2 unspecified atom stereocenters. The first kappa shape index (κ1) is 8.38. The number of hydrogen-bond donors (Lipinski definition) is 0. The summed E-state index contributed by atoms with van der Waals surface area (Å²) < 4.78 is 30.7. The van der Waals surface area contributed by atoms with E-state index >= 15 is 0 Å². The molecule has 0 aromatic rings. The van der Waals surface area contributed by atoms with E-state index in [2.05, 4.69) is 0 Å². The van der Waals surface area contributed by atoms with Gasteiger partial charge in [0, 0.05) is 25.6 Å². The molecule has 70 valence electrons. The molecule has 0 aromatic carbocycles. The maximum Gasteiger partial charge on any atom is 0.257 e. The lowest BCUT2D eigenvalue weighted by molar-refractivity contribution is 0.0186. The van der Waals surface area contributed by atoms with Crippen LogP contribution in [-0.2, 0) is 4.74 Å². The van der Waals surface area contributed by atoms with Gasteiger partial charge in [-0.1, -0.05) is 0 Å². The number of likely N-dealkylation sites (N-methyl/N-ethyl adjacent to an activating group) is 1. The Morgan fingerprint density at radius 3 is 2.75 bits per heavy atom. The fraction of sp³-hybridized carbons (Fsp3) is 1.00. The molecule has 0 N–H and O–H groups in total. The number of piperidine rings is 1. The predicted molar refractivity (Wildman–Crippen MR) is 40.2 cm³/mol. The van der Waals surface area contributed by atoms with Crippen molar-refractivity contribution in [2.24, 2.45) is 11.8 Å². The van der Waals surface area contributed by atoms with E-state index in [4.69, 9.17) is 4.74 Å². The molecule has 2 rings (SSSR count). The third kappa shape index (κ3) is 0.910. The van der Waals surface area contributed by atoms with Crippen LogP contribution in [0.1, 0.15) is 0 Å². The minimum atomic E-state index is -2.41. The van der Waals surface area contributed by atoms with Crippen LogP contribution in [0.3, 0.4) is 0 Å². The molecule has 0 amide bonds. The van der Waals surface area contributed by atoms with Crippen LogP contribution in [-0.4, -0.2) is 44.2 Å². The number of halogens is 2. The zero-order chi connectivity index (χ0) is 8.93. The van der Waals surface area contributed by atoms with E-state index in [-0.39, 0.29) is 6.04 Å². The third-order valence-electron chi connectivity index (χ3n) is 3.07. The SMILES string of the molecule is COC[C@@H]1C2C(CN1C)C2(F)F. The molecule has 1 saturated carbocycles. The number of likely N-dealkylation sites (tertiary alicyclic amines) is 1. The van der Waals surface area contributed by atoms with Gasteiger partial charge in [-0.05, 0) is 7.05 Å². The maximum absolute atomic E-state index is 12.9. The van der Waals surface area contributed by atoms with E-state index in [9.17, 15) is 8.78 Å². The Balaban J connectivity index is 2.03.